The van der Waals surface area contributed by atoms with E-state index in [4.69, 9.17) is 4.74 Å². The predicted molar refractivity (Wildman–Crippen MR) is 109 cm³/mol. The van der Waals surface area contributed by atoms with Crippen LogP contribution in [0.4, 0.5) is 11.4 Å². The molecule has 3 rings (SSSR count). The van der Waals surface area contributed by atoms with E-state index in [0.29, 0.717) is 18.8 Å². The van der Waals surface area contributed by atoms with Gasteiger partial charge in [0.15, 0.2) is 0 Å². The van der Waals surface area contributed by atoms with Crippen molar-refractivity contribution in [3.63, 3.8) is 0 Å². The number of ether oxygens (including phenoxy) is 1. The molecule has 0 bridgehead atoms. The molecular weight excluding hydrogens is 396 g/mol. The van der Waals surface area contributed by atoms with E-state index in [-0.39, 0.29) is 24.0 Å². The van der Waals surface area contributed by atoms with Crippen molar-refractivity contribution >= 4 is 34.5 Å². The number of aryl methyl sites for hydroxylation is 1. The Morgan fingerprint density at radius 2 is 2.03 bits per heavy atom. The summed E-state index contributed by atoms with van der Waals surface area (Å²) < 4.78 is 5.39. The van der Waals surface area contributed by atoms with Gasteiger partial charge in [-0.05, 0) is 30.0 Å². The van der Waals surface area contributed by atoms with E-state index >= 15 is 0 Å². The van der Waals surface area contributed by atoms with Crippen molar-refractivity contribution in [2.45, 2.75) is 13.0 Å². The predicted octanol–water partition coefficient (Wildman–Crippen LogP) is 2.09. The van der Waals surface area contributed by atoms with E-state index in [9.17, 15) is 19.7 Å². The molecule has 0 unspecified atom stereocenters. The maximum Gasteiger partial charge on any atom is 0.313 e. The Kier molecular flexibility index (Phi) is 6.91. The molecule has 29 heavy (non-hydrogen) atoms. The fourth-order valence-electron chi connectivity index (χ4n) is 3.13. The van der Waals surface area contributed by atoms with Crippen LogP contribution >= 0.6 is 11.3 Å². The normalized spacial score (nSPS) is 15.5. The number of nitrogens with zero attached hydrogens (tertiary/aromatic N) is 2. The minimum absolute atomic E-state index is 0.0104. The molecular formula is C19H22N4O5S. The van der Waals surface area contributed by atoms with Gasteiger partial charge in [-0.1, -0.05) is 12.1 Å². The molecule has 2 aromatic rings. The number of amides is 2. The number of benzene rings is 1. The number of thiophene rings is 1. The lowest BCUT2D eigenvalue weighted by molar-refractivity contribution is -0.384. The summed E-state index contributed by atoms with van der Waals surface area (Å²) in [4.78, 5) is 38.5. The molecule has 0 aliphatic carbocycles. The number of hydrogen-bond acceptors (Lipinski definition) is 7. The Hall–Kier alpha value is -2.82. The van der Waals surface area contributed by atoms with E-state index in [1.54, 1.807) is 24.3 Å². The molecule has 1 saturated heterocycles. The van der Waals surface area contributed by atoms with E-state index in [0.717, 1.165) is 18.0 Å². The first-order chi connectivity index (χ1) is 14.0. The Labute approximate surface area is 171 Å². The average molecular weight is 418 g/mol. The molecule has 10 heteroatoms. The second kappa shape index (κ2) is 9.59. The van der Waals surface area contributed by atoms with E-state index in [2.05, 4.69) is 15.5 Å². The summed E-state index contributed by atoms with van der Waals surface area (Å²) in [6.45, 7) is 4.67. The molecule has 1 aliphatic rings. The van der Waals surface area contributed by atoms with Crippen molar-refractivity contribution < 1.29 is 19.2 Å². The van der Waals surface area contributed by atoms with Crippen molar-refractivity contribution in [3.8, 4) is 0 Å². The lowest BCUT2D eigenvalue weighted by Crippen LogP contribution is -2.45. The molecule has 2 N–H and O–H groups in total. The number of nitro groups is 1. The first-order valence-electron chi connectivity index (χ1n) is 9.15. The van der Waals surface area contributed by atoms with Gasteiger partial charge in [-0.25, -0.2) is 0 Å². The van der Waals surface area contributed by atoms with Crippen LogP contribution in [0.2, 0.25) is 0 Å². The van der Waals surface area contributed by atoms with E-state index in [1.807, 2.05) is 17.5 Å². The molecule has 0 radical (unpaired) electrons. The monoisotopic (exact) mass is 418 g/mol. The number of nitrogens with one attached hydrogen (secondary N) is 2. The van der Waals surface area contributed by atoms with Gasteiger partial charge in [0.2, 0.25) is 0 Å². The average Bonchev–Trinajstić information content (AvgIpc) is 3.24. The summed E-state index contributed by atoms with van der Waals surface area (Å²) in [5.41, 5.74) is 0.420. The van der Waals surface area contributed by atoms with Gasteiger partial charge in [-0.15, -0.1) is 11.3 Å². The van der Waals surface area contributed by atoms with E-state index < -0.39 is 16.7 Å². The zero-order chi connectivity index (χ0) is 20.8. The Morgan fingerprint density at radius 3 is 2.69 bits per heavy atom. The van der Waals surface area contributed by atoms with Crippen molar-refractivity contribution in [1.82, 2.24) is 10.2 Å². The third-order valence-electron chi connectivity index (χ3n) is 4.62. The first kappa shape index (κ1) is 20.9. The third kappa shape index (κ3) is 5.37. The van der Waals surface area contributed by atoms with Gasteiger partial charge in [0.25, 0.3) is 5.69 Å². The van der Waals surface area contributed by atoms with Crippen molar-refractivity contribution in [2.75, 3.05) is 38.2 Å². The number of carbonyl (C=O) groups is 2. The van der Waals surface area contributed by atoms with Crippen LogP contribution in [-0.2, 0) is 14.3 Å². The van der Waals surface area contributed by atoms with Crippen LogP contribution in [0.1, 0.15) is 16.5 Å². The van der Waals surface area contributed by atoms with E-state index in [1.165, 1.54) is 12.1 Å². The van der Waals surface area contributed by atoms with Crippen molar-refractivity contribution in [2.24, 2.45) is 0 Å². The van der Waals surface area contributed by atoms with Crippen molar-refractivity contribution in [3.05, 3.63) is 56.3 Å². The van der Waals surface area contributed by atoms with Crippen LogP contribution in [0, 0.1) is 17.0 Å². The number of anilines is 1. The Balaban J connectivity index is 1.64. The lowest BCUT2D eigenvalue weighted by atomic mass is 10.2. The molecule has 154 valence electrons. The summed E-state index contributed by atoms with van der Waals surface area (Å²) in [6, 6.07) is 8.26. The van der Waals surface area contributed by atoms with Gasteiger partial charge in [0.05, 0.1) is 24.2 Å². The second-order valence-corrected chi connectivity index (χ2v) is 7.60. The Morgan fingerprint density at radius 1 is 1.28 bits per heavy atom. The van der Waals surface area contributed by atoms with Crippen LogP contribution in [0.5, 0.6) is 0 Å². The smallest absolute Gasteiger partial charge is 0.313 e. The van der Waals surface area contributed by atoms with Crippen molar-refractivity contribution in [1.29, 1.82) is 0 Å². The van der Waals surface area contributed by atoms with Gasteiger partial charge in [-0.3, -0.25) is 24.6 Å². The van der Waals surface area contributed by atoms with Gasteiger partial charge in [0, 0.05) is 30.6 Å². The molecule has 0 saturated carbocycles. The third-order valence-corrected chi connectivity index (χ3v) is 5.59. The highest BCUT2D eigenvalue weighted by molar-refractivity contribution is 7.10. The summed E-state index contributed by atoms with van der Waals surface area (Å²) in [6.07, 6.45) is 0. The fraction of sp³-hybridized carbons (Fsp3) is 0.368. The number of carbonyl (C=O) groups excluding carboxylic acids is 2. The zero-order valence-corrected chi connectivity index (χ0v) is 16.7. The van der Waals surface area contributed by atoms with Gasteiger partial charge < -0.3 is 15.4 Å². The summed E-state index contributed by atoms with van der Waals surface area (Å²) in [7, 11) is 0. The van der Waals surface area contributed by atoms with Gasteiger partial charge in [-0.2, -0.15) is 0 Å². The molecule has 1 atom stereocenters. The molecule has 9 nitrogen and oxygen atoms in total. The zero-order valence-electron chi connectivity index (χ0n) is 15.9. The molecule has 1 aliphatic heterocycles. The topological polar surface area (TPSA) is 114 Å². The van der Waals surface area contributed by atoms with Crippen LogP contribution < -0.4 is 10.6 Å². The van der Waals surface area contributed by atoms with Crippen LogP contribution in [0.25, 0.3) is 0 Å². The number of hydrogen-bond donors (Lipinski definition) is 2. The number of nitro benzene ring substituents is 1. The summed E-state index contributed by atoms with van der Waals surface area (Å²) in [5.74, 6) is -1.78. The molecule has 0 spiro atoms. The molecule has 1 fully saturated rings. The second-order valence-electron chi connectivity index (χ2n) is 6.62. The number of rotatable bonds is 6. The van der Waals surface area contributed by atoms with Crippen LogP contribution in [0.3, 0.4) is 0 Å². The lowest BCUT2D eigenvalue weighted by Gasteiger charge is -2.34. The molecule has 1 aromatic heterocycles. The maximum absolute atomic E-state index is 12.3. The first-order valence-corrected chi connectivity index (χ1v) is 10.0. The van der Waals surface area contributed by atoms with Gasteiger partial charge >= 0.3 is 11.8 Å². The highest BCUT2D eigenvalue weighted by Gasteiger charge is 2.26. The highest BCUT2D eigenvalue weighted by atomic mass is 32.1. The molecule has 1 aromatic carbocycles. The van der Waals surface area contributed by atoms with Gasteiger partial charge in [0.1, 0.15) is 5.69 Å². The van der Waals surface area contributed by atoms with Crippen LogP contribution in [-0.4, -0.2) is 54.5 Å². The summed E-state index contributed by atoms with van der Waals surface area (Å²) in [5, 5.41) is 18.1. The largest absolute Gasteiger partial charge is 0.379 e. The minimum Gasteiger partial charge on any atom is -0.379 e. The fourth-order valence-corrected chi connectivity index (χ4v) is 3.99. The molecule has 2 heterocycles. The summed E-state index contributed by atoms with van der Waals surface area (Å²) >= 11 is 1.58. The maximum atomic E-state index is 12.3. The highest BCUT2D eigenvalue weighted by Crippen LogP contribution is 2.26. The minimum atomic E-state index is -0.941. The SMILES string of the molecule is Cc1ccc(NC(=O)C(=O)NC[C@H](c2cccs2)N2CCOCC2)c([N+](=O)[O-])c1. The quantitative estimate of drug-likeness (QED) is 0.422. The Bertz CT molecular complexity index is 881. The number of morpholine rings is 1. The molecule has 2 amide bonds. The van der Waals surface area contributed by atoms with Crippen LogP contribution in [0.15, 0.2) is 35.7 Å². The standard InChI is InChI=1S/C19H22N4O5S/c1-13-4-5-14(15(11-13)23(26)27)21-19(25)18(24)20-12-16(17-3-2-10-29-17)22-6-8-28-9-7-22/h2-5,10-11,16H,6-9,12H2,1H3,(H,20,24)(H,21,25)/t16-/m1/s1.